The number of nitrogens with two attached hydrogens (primary N) is 1. The molecule has 0 aliphatic rings. The average Bonchev–Trinajstić information content (AvgIpc) is 3.32. The molecule has 0 amide bonds. The highest BCUT2D eigenvalue weighted by atomic mass is 16.5. The Kier molecular flexibility index (Phi) is 5.24. The largest absolute Gasteiger partial charge is 0.462 e. The fourth-order valence-electron chi connectivity index (χ4n) is 2.54. The molecule has 3 aromatic rings. The lowest BCUT2D eigenvalue weighted by molar-refractivity contribution is 0.0526. The minimum absolute atomic E-state index is 0.0282. The Bertz CT molecular complexity index is 1120. The van der Waals surface area contributed by atoms with Gasteiger partial charge in [-0.15, -0.1) is 0 Å². The average molecular weight is 373 g/mol. The molecule has 1 aromatic carbocycles. The zero-order valence-electron chi connectivity index (χ0n) is 14.9. The molecule has 2 aromatic heterocycles. The first-order valence-electron chi connectivity index (χ1n) is 8.30. The van der Waals surface area contributed by atoms with Gasteiger partial charge in [-0.25, -0.2) is 4.79 Å². The molecule has 0 atom stereocenters. The molecule has 3 rings (SSSR count). The van der Waals surface area contributed by atoms with Gasteiger partial charge in [0.05, 0.1) is 23.4 Å². The van der Waals surface area contributed by atoms with E-state index >= 15 is 0 Å². The SMILES string of the molecule is CCOC(=O)c1ccc(-c2ccc(/C=C(/C#N)c3[nH]nc(N)c3C#N)o2)cc1. The lowest BCUT2D eigenvalue weighted by atomic mass is 10.1. The zero-order valence-corrected chi connectivity index (χ0v) is 14.9. The normalized spacial score (nSPS) is 10.9. The number of anilines is 1. The van der Waals surface area contributed by atoms with E-state index < -0.39 is 0 Å². The Morgan fingerprint density at radius 3 is 2.68 bits per heavy atom. The summed E-state index contributed by atoms with van der Waals surface area (Å²) >= 11 is 0. The van der Waals surface area contributed by atoms with E-state index in [1.807, 2.05) is 12.1 Å². The van der Waals surface area contributed by atoms with E-state index in [-0.39, 0.29) is 28.6 Å². The number of ether oxygens (including phenoxy) is 1. The van der Waals surface area contributed by atoms with Gasteiger partial charge >= 0.3 is 5.97 Å². The summed E-state index contributed by atoms with van der Waals surface area (Å²) in [6.07, 6.45) is 1.49. The predicted octanol–water partition coefficient (Wildman–Crippen LogP) is 3.36. The number of hydrogen-bond acceptors (Lipinski definition) is 7. The van der Waals surface area contributed by atoms with Crippen molar-refractivity contribution in [2.75, 3.05) is 12.3 Å². The number of nitrogens with one attached hydrogen (secondary N) is 1. The summed E-state index contributed by atoms with van der Waals surface area (Å²) in [7, 11) is 0. The second-order valence-electron chi connectivity index (χ2n) is 5.64. The molecule has 0 saturated carbocycles. The number of allylic oxidation sites excluding steroid dienone is 1. The van der Waals surface area contributed by atoms with Crippen molar-refractivity contribution < 1.29 is 13.9 Å². The van der Waals surface area contributed by atoms with Crippen LogP contribution < -0.4 is 5.73 Å². The van der Waals surface area contributed by atoms with Gasteiger partial charge < -0.3 is 14.9 Å². The van der Waals surface area contributed by atoms with E-state index in [4.69, 9.17) is 20.1 Å². The zero-order chi connectivity index (χ0) is 20.1. The van der Waals surface area contributed by atoms with Crippen LogP contribution in [0.1, 0.15) is 34.3 Å². The molecule has 8 heteroatoms. The smallest absolute Gasteiger partial charge is 0.338 e. The quantitative estimate of drug-likeness (QED) is 0.515. The number of carbonyl (C=O) groups is 1. The Morgan fingerprint density at radius 1 is 1.29 bits per heavy atom. The number of rotatable bonds is 5. The molecule has 0 unspecified atom stereocenters. The second kappa shape index (κ2) is 7.94. The highest BCUT2D eigenvalue weighted by Gasteiger charge is 2.15. The fourth-order valence-corrected chi connectivity index (χ4v) is 2.54. The van der Waals surface area contributed by atoms with Gasteiger partial charge in [0, 0.05) is 11.6 Å². The number of nitrogens with zero attached hydrogens (tertiary/aromatic N) is 3. The maximum atomic E-state index is 11.7. The van der Waals surface area contributed by atoms with Gasteiger partial charge in [0.15, 0.2) is 5.82 Å². The van der Waals surface area contributed by atoms with Crippen molar-refractivity contribution in [1.29, 1.82) is 10.5 Å². The van der Waals surface area contributed by atoms with Crippen LogP contribution in [-0.2, 0) is 4.74 Å². The minimum atomic E-state index is -0.386. The van der Waals surface area contributed by atoms with E-state index in [0.717, 1.165) is 5.56 Å². The summed E-state index contributed by atoms with van der Waals surface area (Å²) in [6.45, 7) is 2.06. The highest BCUT2D eigenvalue weighted by Crippen LogP contribution is 2.27. The van der Waals surface area contributed by atoms with Crippen LogP contribution in [0.3, 0.4) is 0 Å². The van der Waals surface area contributed by atoms with E-state index in [1.165, 1.54) is 6.08 Å². The van der Waals surface area contributed by atoms with Gasteiger partial charge in [-0.1, -0.05) is 12.1 Å². The minimum Gasteiger partial charge on any atom is -0.462 e. The summed E-state index contributed by atoms with van der Waals surface area (Å²) in [6, 6.07) is 14.2. The Labute approximate surface area is 160 Å². The van der Waals surface area contributed by atoms with Crippen molar-refractivity contribution in [2.45, 2.75) is 6.92 Å². The molecular weight excluding hydrogens is 358 g/mol. The number of H-pyrrole nitrogens is 1. The predicted molar refractivity (Wildman–Crippen MR) is 101 cm³/mol. The third kappa shape index (κ3) is 3.62. The van der Waals surface area contributed by atoms with Crippen LogP contribution in [0.25, 0.3) is 23.0 Å². The van der Waals surface area contributed by atoms with Crippen molar-refractivity contribution >= 4 is 23.4 Å². The van der Waals surface area contributed by atoms with Gasteiger partial charge in [0.25, 0.3) is 0 Å². The Balaban J connectivity index is 1.87. The lowest BCUT2D eigenvalue weighted by Crippen LogP contribution is -2.03. The second-order valence-corrected chi connectivity index (χ2v) is 5.64. The number of nitriles is 2. The molecular formula is C20H15N5O3. The third-order valence-corrected chi connectivity index (χ3v) is 3.89. The van der Waals surface area contributed by atoms with Crippen LogP contribution in [0.2, 0.25) is 0 Å². The molecule has 28 heavy (non-hydrogen) atoms. The summed E-state index contributed by atoms with van der Waals surface area (Å²) in [5.74, 6) is 0.616. The summed E-state index contributed by atoms with van der Waals surface area (Å²) in [5, 5.41) is 24.9. The summed E-state index contributed by atoms with van der Waals surface area (Å²) < 4.78 is 10.7. The van der Waals surface area contributed by atoms with Gasteiger partial charge in [0.1, 0.15) is 29.2 Å². The molecule has 8 nitrogen and oxygen atoms in total. The van der Waals surface area contributed by atoms with Gasteiger partial charge in [-0.3, -0.25) is 5.10 Å². The van der Waals surface area contributed by atoms with Gasteiger partial charge in [0.2, 0.25) is 0 Å². The van der Waals surface area contributed by atoms with E-state index in [0.29, 0.717) is 23.7 Å². The van der Waals surface area contributed by atoms with Crippen LogP contribution in [-0.4, -0.2) is 22.8 Å². The van der Waals surface area contributed by atoms with Crippen LogP contribution in [0.15, 0.2) is 40.8 Å². The van der Waals surface area contributed by atoms with Crippen molar-refractivity contribution in [1.82, 2.24) is 10.2 Å². The molecule has 0 aliphatic heterocycles. The molecule has 0 spiro atoms. The monoisotopic (exact) mass is 373 g/mol. The maximum absolute atomic E-state index is 11.7. The van der Waals surface area contributed by atoms with Crippen molar-refractivity contribution in [3.8, 4) is 23.5 Å². The first-order valence-corrected chi connectivity index (χ1v) is 8.30. The number of aromatic amines is 1. The first kappa shape index (κ1) is 18.5. The van der Waals surface area contributed by atoms with Crippen LogP contribution in [0.5, 0.6) is 0 Å². The number of hydrogen-bond donors (Lipinski definition) is 2. The number of nitrogen functional groups attached to an aromatic ring is 1. The maximum Gasteiger partial charge on any atom is 0.338 e. The standard InChI is InChI=1S/C20H15N5O3/c1-2-27-20(26)13-5-3-12(4-6-13)17-8-7-15(28-17)9-14(10-21)18-16(11-22)19(23)25-24-18/h3-9H,2H2,1H3,(H3,23,24,25)/b14-9-. The van der Waals surface area contributed by atoms with Crippen molar-refractivity contribution in [3.05, 3.63) is 59.0 Å². The topological polar surface area (TPSA) is 142 Å². The molecule has 2 heterocycles. The molecule has 0 saturated heterocycles. The molecule has 0 fully saturated rings. The summed E-state index contributed by atoms with van der Waals surface area (Å²) in [5.41, 5.74) is 7.33. The highest BCUT2D eigenvalue weighted by molar-refractivity contribution is 5.91. The fraction of sp³-hybridized carbons (Fsp3) is 0.100. The Hall–Kier alpha value is -4.30. The van der Waals surface area contributed by atoms with Crippen LogP contribution in [0.4, 0.5) is 5.82 Å². The lowest BCUT2D eigenvalue weighted by Gasteiger charge is -2.02. The number of esters is 1. The molecule has 138 valence electrons. The number of furan rings is 1. The molecule has 3 N–H and O–H groups in total. The van der Waals surface area contributed by atoms with E-state index in [1.54, 1.807) is 43.3 Å². The van der Waals surface area contributed by atoms with Gasteiger partial charge in [-0.2, -0.15) is 15.6 Å². The van der Waals surface area contributed by atoms with E-state index in [9.17, 15) is 10.1 Å². The van der Waals surface area contributed by atoms with Crippen molar-refractivity contribution in [2.24, 2.45) is 0 Å². The van der Waals surface area contributed by atoms with Crippen molar-refractivity contribution in [3.63, 3.8) is 0 Å². The summed E-state index contributed by atoms with van der Waals surface area (Å²) in [4.78, 5) is 11.7. The van der Waals surface area contributed by atoms with Crippen LogP contribution >= 0.6 is 0 Å². The molecule has 0 aliphatic carbocycles. The number of carbonyl (C=O) groups excluding carboxylic acids is 1. The first-order chi connectivity index (χ1) is 13.6. The van der Waals surface area contributed by atoms with E-state index in [2.05, 4.69) is 10.2 Å². The number of benzene rings is 1. The number of aromatic nitrogens is 2. The van der Waals surface area contributed by atoms with Crippen LogP contribution in [0, 0.1) is 22.7 Å². The third-order valence-electron chi connectivity index (χ3n) is 3.89. The Morgan fingerprint density at radius 2 is 2.04 bits per heavy atom. The molecule has 0 bridgehead atoms. The molecule has 0 radical (unpaired) electrons. The van der Waals surface area contributed by atoms with Gasteiger partial charge in [-0.05, 0) is 31.2 Å².